The van der Waals surface area contributed by atoms with Crippen LogP contribution in [-0.2, 0) is 15.9 Å². The van der Waals surface area contributed by atoms with Crippen LogP contribution in [-0.4, -0.2) is 66.2 Å². The zero-order chi connectivity index (χ0) is 21.8. The minimum absolute atomic E-state index is 0.141. The third kappa shape index (κ3) is 5.45. The van der Waals surface area contributed by atoms with E-state index in [1.807, 2.05) is 18.2 Å². The molecule has 2 aliphatic heterocycles. The van der Waals surface area contributed by atoms with Gasteiger partial charge < -0.3 is 29.5 Å². The van der Waals surface area contributed by atoms with Crippen LogP contribution < -0.4 is 4.74 Å². The lowest BCUT2D eigenvalue weighted by molar-refractivity contribution is -0.0549. The number of ether oxygens (including phenoxy) is 3. The quantitative estimate of drug-likeness (QED) is 0.655. The van der Waals surface area contributed by atoms with E-state index in [1.54, 1.807) is 0 Å². The largest absolute Gasteiger partial charge is 0.488 e. The van der Waals surface area contributed by atoms with Crippen LogP contribution in [0, 0.1) is 6.92 Å². The Bertz CT molecular complexity index is 846. The maximum Gasteiger partial charge on any atom is 0.124 e. The summed E-state index contributed by atoms with van der Waals surface area (Å²) >= 11 is 0. The summed E-state index contributed by atoms with van der Waals surface area (Å²) in [4.78, 5) is 0. The van der Waals surface area contributed by atoms with E-state index in [0.29, 0.717) is 6.61 Å². The molecule has 0 aliphatic carbocycles. The average Bonchev–Trinajstić information content (AvgIpc) is 3.22. The van der Waals surface area contributed by atoms with Gasteiger partial charge in [-0.2, -0.15) is 0 Å². The molecule has 0 amide bonds. The van der Waals surface area contributed by atoms with E-state index in [1.165, 1.54) is 16.7 Å². The Kier molecular flexibility index (Phi) is 7.25. The van der Waals surface area contributed by atoms with E-state index in [0.717, 1.165) is 30.8 Å². The zero-order valence-electron chi connectivity index (χ0n) is 17.9. The van der Waals surface area contributed by atoms with Crippen molar-refractivity contribution in [3.05, 3.63) is 64.7 Å². The molecule has 6 heteroatoms. The van der Waals surface area contributed by atoms with Gasteiger partial charge in [-0.25, -0.2) is 0 Å². The monoisotopic (exact) mass is 428 g/mol. The van der Waals surface area contributed by atoms with Crippen molar-refractivity contribution < 1.29 is 29.5 Å². The molecular weight excluding hydrogens is 396 g/mol. The lowest BCUT2D eigenvalue weighted by atomic mass is 9.88. The summed E-state index contributed by atoms with van der Waals surface area (Å²) in [6.07, 6.45) is -0.210. The Morgan fingerprint density at radius 2 is 1.84 bits per heavy atom. The van der Waals surface area contributed by atoms with Gasteiger partial charge in [0, 0.05) is 18.8 Å². The molecule has 0 bridgehead atoms. The van der Waals surface area contributed by atoms with Crippen molar-refractivity contribution in [3.63, 3.8) is 0 Å². The standard InChI is InChI=1S/C25H32O6/c1-16-2-5-18(22-15-30-25(13-26)24(28)12-23(22)27)11-19(16)10-17-3-6-20(7-4-17)31-21-8-9-29-14-21/h2-7,11,21-28H,8-10,12-15H2,1H3/t21-,22?,23?,24-,25?/m0/s1. The van der Waals surface area contributed by atoms with Crippen LogP contribution >= 0.6 is 0 Å². The Morgan fingerprint density at radius 3 is 2.55 bits per heavy atom. The van der Waals surface area contributed by atoms with Crippen LogP contribution in [0.15, 0.2) is 42.5 Å². The van der Waals surface area contributed by atoms with E-state index in [2.05, 4.69) is 31.2 Å². The minimum Gasteiger partial charge on any atom is -0.488 e. The van der Waals surface area contributed by atoms with Gasteiger partial charge >= 0.3 is 0 Å². The van der Waals surface area contributed by atoms with Gasteiger partial charge in [-0.05, 0) is 47.7 Å². The second-order valence-corrected chi connectivity index (χ2v) is 8.64. The number of benzene rings is 2. The first kappa shape index (κ1) is 22.2. The van der Waals surface area contributed by atoms with Crippen molar-refractivity contribution in [3.8, 4) is 5.75 Å². The second kappa shape index (κ2) is 10.1. The van der Waals surface area contributed by atoms with Crippen molar-refractivity contribution in [1.82, 2.24) is 0 Å². The highest BCUT2D eigenvalue weighted by molar-refractivity contribution is 5.38. The molecule has 0 saturated carbocycles. The molecule has 3 N–H and O–H groups in total. The molecule has 3 unspecified atom stereocenters. The molecular formula is C25H32O6. The fourth-order valence-corrected chi connectivity index (χ4v) is 4.32. The van der Waals surface area contributed by atoms with E-state index in [9.17, 15) is 15.3 Å². The minimum atomic E-state index is -0.869. The summed E-state index contributed by atoms with van der Waals surface area (Å²) in [5.74, 6) is 0.621. The van der Waals surface area contributed by atoms with Gasteiger partial charge in [0.05, 0.1) is 38.6 Å². The van der Waals surface area contributed by atoms with Crippen LogP contribution in [0.25, 0.3) is 0 Å². The van der Waals surface area contributed by atoms with Gasteiger partial charge in [-0.15, -0.1) is 0 Å². The third-order valence-corrected chi connectivity index (χ3v) is 6.36. The van der Waals surface area contributed by atoms with Gasteiger partial charge in [0.2, 0.25) is 0 Å². The highest BCUT2D eigenvalue weighted by Crippen LogP contribution is 2.30. The van der Waals surface area contributed by atoms with E-state index in [-0.39, 0.29) is 31.7 Å². The predicted molar refractivity (Wildman–Crippen MR) is 116 cm³/mol. The normalized spacial score (nSPS) is 29.0. The summed E-state index contributed by atoms with van der Waals surface area (Å²) in [7, 11) is 0. The smallest absolute Gasteiger partial charge is 0.124 e. The fourth-order valence-electron chi connectivity index (χ4n) is 4.32. The molecule has 5 atom stereocenters. The third-order valence-electron chi connectivity index (χ3n) is 6.36. The van der Waals surface area contributed by atoms with Crippen LogP contribution in [0.2, 0.25) is 0 Å². The predicted octanol–water partition coefficient (Wildman–Crippen LogP) is 2.34. The first-order valence-electron chi connectivity index (χ1n) is 11.0. The van der Waals surface area contributed by atoms with Gasteiger partial charge in [-0.1, -0.05) is 30.3 Å². The van der Waals surface area contributed by atoms with E-state index < -0.39 is 18.3 Å². The van der Waals surface area contributed by atoms with E-state index in [4.69, 9.17) is 14.2 Å². The van der Waals surface area contributed by atoms with Gasteiger partial charge in [-0.3, -0.25) is 0 Å². The van der Waals surface area contributed by atoms with Crippen molar-refractivity contribution >= 4 is 0 Å². The first-order chi connectivity index (χ1) is 15.0. The number of aryl methyl sites for hydroxylation is 1. The molecule has 168 valence electrons. The Balaban J connectivity index is 1.46. The van der Waals surface area contributed by atoms with Crippen LogP contribution in [0.5, 0.6) is 5.75 Å². The molecule has 0 spiro atoms. The Hall–Kier alpha value is -1.96. The molecule has 0 aromatic heterocycles. The molecule has 0 radical (unpaired) electrons. The number of aliphatic hydroxyl groups excluding tert-OH is 3. The van der Waals surface area contributed by atoms with Crippen LogP contribution in [0.4, 0.5) is 0 Å². The van der Waals surface area contributed by atoms with Crippen molar-refractivity contribution in [2.75, 3.05) is 26.4 Å². The molecule has 2 fully saturated rings. The van der Waals surface area contributed by atoms with E-state index >= 15 is 0 Å². The SMILES string of the molecule is Cc1ccc(C2COC(CO)[C@@H](O)CC2O)cc1Cc1ccc(O[C@H]2CCOC2)cc1. The Morgan fingerprint density at radius 1 is 1.03 bits per heavy atom. The number of hydrogen-bond acceptors (Lipinski definition) is 6. The fraction of sp³-hybridized carbons (Fsp3) is 0.520. The molecule has 2 heterocycles. The molecule has 2 aromatic carbocycles. The summed E-state index contributed by atoms with van der Waals surface area (Å²) < 4.78 is 17.0. The molecule has 4 rings (SSSR count). The Labute approximate surface area is 183 Å². The highest BCUT2D eigenvalue weighted by Gasteiger charge is 2.33. The molecule has 2 aromatic rings. The number of aliphatic hydroxyl groups is 3. The van der Waals surface area contributed by atoms with Crippen LogP contribution in [0.3, 0.4) is 0 Å². The van der Waals surface area contributed by atoms with Crippen molar-refractivity contribution in [2.24, 2.45) is 0 Å². The topological polar surface area (TPSA) is 88.4 Å². The lowest BCUT2D eigenvalue weighted by Gasteiger charge is -2.22. The summed E-state index contributed by atoms with van der Waals surface area (Å²) in [5.41, 5.74) is 4.54. The average molecular weight is 429 g/mol. The van der Waals surface area contributed by atoms with Gasteiger partial charge in [0.25, 0.3) is 0 Å². The molecule has 2 saturated heterocycles. The first-order valence-corrected chi connectivity index (χ1v) is 11.0. The maximum atomic E-state index is 10.6. The van der Waals surface area contributed by atoms with Crippen molar-refractivity contribution in [1.29, 1.82) is 0 Å². The molecule has 31 heavy (non-hydrogen) atoms. The molecule has 2 aliphatic rings. The van der Waals surface area contributed by atoms with Crippen LogP contribution in [0.1, 0.15) is 41.0 Å². The maximum absolute atomic E-state index is 10.6. The second-order valence-electron chi connectivity index (χ2n) is 8.64. The zero-order valence-corrected chi connectivity index (χ0v) is 17.9. The number of rotatable bonds is 6. The number of hydrogen-bond donors (Lipinski definition) is 3. The molecule has 6 nitrogen and oxygen atoms in total. The summed E-state index contributed by atoms with van der Waals surface area (Å²) in [6.45, 7) is 3.51. The van der Waals surface area contributed by atoms with Crippen molar-refractivity contribution in [2.45, 2.75) is 56.5 Å². The summed E-state index contributed by atoms with van der Waals surface area (Å²) in [5, 5.41) is 30.2. The van der Waals surface area contributed by atoms with Gasteiger partial charge in [0.15, 0.2) is 0 Å². The summed E-state index contributed by atoms with van der Waals surface area (Å²) in [6, 6.07) is 14.4. The van der Waals surface area contributed by atoms with Gasteiger partial charge in [0.1, 0.15) is 18.0 Å². The highest BCUT2D eigenvalue weighted by atomic mass is 16.5. The lowest BCUT2D eigenvalue weighted by Crippen LogP contribution is -2.32.